The second-order valence-electron chi connectivity index (χ2n) is 5.00. The molecule has 0 spiro atoms. The Balaban J connectivity index is 0.00000288. The van der Waals surface area contributed by atoms with E-state index in [1.165, 1.54) is 0 Å². The lowest BCUT2D eigenvalue weighted by Gasteiger charge is -2.08. The maximum atomic E-state index is 12.1. The van der Waals surface area contributed by atoms with Gasteiger partial charge in [0.05, 0.1) is 19.8 Å². The Morgan fingerprint density at radius 1 is 1.08 bits per heavy atom. The highest BCUT2D eigenvalue weighted by atomic mass is 35.5. The van der Waals surface area contributed by atoms with Gasteiger partial charge in [-0.3, -0.25) is 4.79 Å². The smallest absolute Gasteiger partial charge is 0.251 e. The summed E-state index contributed by atoms with van der Waals surface area (Å²) in [6.07, 6.45) is 0. The number of hydrogen-bond donors (Lipinski definition) is 3. The highest BCUT2D eigenvalue weighted by Gasteiger charge is 2.06. The van der Waals surface area contributed by atoms with E-state index in [0.29, 0.717) is 18.7 Å². The van der Waals surface area contributed by atoms with Gasteiger partial charge in [-0.2, -0.15) is 0 Å². The minimum atomic E-state index is -0.133. The van der Waals surface area contributed by atoms with Gasteiger partial charge in [0.25, 0.3) is 5.91 Å². The summed E-state index contributed by atoms with van der Waals surface area (Å²) in [4.78, 5) is 12.1. The van der Waals surface area contributed by atoms with Crippen molar-refractivity contribution in [3.05, 3.63) is 54.1 Å². The van der Waals surface area contributed by atoms with E-state index in [4.69, 9.17) is 9.84 Å². The van der Waals surface area contributed by atoms with Gasteiger partial charge in [0.2, 0.25) is 0 Å². The van der Waals surface area contributed by atoms with Crippen LogP contribution in [-0.4, -0.2) is 44.4 Å². The zero-order valence-corrected chi connectivity index (χ0v) is 14.4. The number of carbonyl (C=O) groups excluding carboxylic acids is 1. The van der Waals surface area contributed by atoms with E-state index in [0.717, 1.165) is 16.8 Å². The van der Waals surface area contributed by atoms with E-state index < -0.39 is 0 Å². The third-order valence-electron chi connectivity index (χ3n) is 3.40. The van der Waals surface area contributed by atoms with Crippen molar-refractivity contribution in [3.8, 4) is 11.1 Å². The van der Waals surface area contributed by atoms with Crippen molar-refractivity contribution in [2.24, 2.45) is 0 Å². The van der Waals surface area contributed by atoms with Gasteiger partial charge in [-0.15, -0.1) is 12.4 Å². The van der Waals surface area contributed by atoms with Gasteiger partial charge in [-0.25, -0.2) is 0 Å². The minimum Gasteiger partial charge on any atom is -0.394 e. The number of ether oxygens (including phenoxy) is 1. The lowest BCUT2D eigenvalue weighted by molar-refractivity contribution is 0.0838. The molecule has 0 fully saturated rings. The van der Waals surface area contributed by atoms with Crippen LogP contribution in [-0.2, 0) is 4.74 Å². The van der Waals surface area contributed by atoms with Crippen molar-refractivity contribution < 1.29 is 14.6 Å². The number of halogens is 1. The highest BCUT2D eigenvalue weighted by molar-refractivity contribution is 5.95. The molecule has 0 saturated carbocycles. The predicted molar refractivity (Wildman–Crippen MR) is 98.9 cm³/mol. The van der Waals surface area contributed by atoms with Crippen LogP contribution in [0.5, 0.6) is 0 Å². The van der Waals surface area contributed by atoms with Crippen molar-refractivity contribution in [3.63, 3.8) is 0 Å². The zero-order valence-electron chi connectivity index (χ0n) is 13.6. The molecule has 0 aromatic heterocycles. The molecule has 0 aliphatic heterocycles. The van der Waals surface area contributed by atoms with Crippen LogP contribution < -0.4 is 10.6 Å². The Morgan fingerprint density at radius 3 is 2.50 bits per heavy atom. The molecule has 6 heteroatoms. The summed E-state index contributed by atoms with van der Waals surface area (Å²) in [5.41, 5.74) is 3.72. The van der Waals surface area contributed by atoms with E-state index >= 15 is 0 Å². The lowest BCUT2D eigenvalue weighted by Crippen LogP contribution is -2.27. The molecule has 0 aliphatic carbocycles. The minimum absolute atomic E-state index is 0. The number of carbonyl (C=O) groups is 1. The molecule has 2 aromatic carbocycles. The summed E-state index contributed by atoms with van der Waals surface area (Å²) < 4.78 is 5.11. The third-order valence-corrected chi connectivity index (χ3v) is 3.40. The van der Waals surface area contributed by atoms with Crippen LogP contribution in [0.1, 0.15) is 10.4 Å². The largest absolute Gasteiger partial charge is 0.394 e. The Hall–Kier alpha value is -2.08. The van der Waals surface area contributed by atoms with Gasteiger partial charge in [-0.1, -0.05) is 24.3 Å². The van der Waals surface area contributed by atoms with E-state index in [1.54, 1.807) is 6.07 Å². The molecule has 0 unspecified atom stereocenters. The maximum absolute atomic E-state index is 12.1. The van der Waals surface area contributed by atoms with Gasteiger partial charge in [0.15, 0.2) is 0 Å². The molecule has 5 nitrogen and oxygen atoms in total. The van der Waals surface area contributed by atoms with Gasteiger partial charge < -0.3 is 20.5 Å². The first-order valence-electron chi connectivity index (χ1n) is 7.59. The summed E-state index contributed by atoms with van der Waals surface area (Å²) in [5.74, 6) is -0.133. The van der Waals surface area contributed by atoms with Crippen molar-refractivity contribution >= 4 is 24.0 Å². The summed E-state index contributed by atoms with van der Waals surface area (Å²) in [6.45, 7) is 1.08. The number of benzene rings is 2. The van der Waals surface area contributed by atoms with Crippen LogP contribution in [0.25, 0.3) is 11.1 Å². The summed E-state index contributed by atoms with van der Waals surface area (Å²) in [6, 6.07) is 15.6. The average molecular weight is 351 g/mol. The van der Waals surface area contributed by atoms with E-state index in [-0.39, 0.29) is 31.5 Å². The molecule has 0 atom stereocenters. The van der Waals surface area contributed by atoms with E-state index in [9.17, 15) is 4.79 Å². The molecule has 1 amide bonds. The molecule has 0 heterocycles. The highest BCUT2D eigenvalue weighted by Crippen LogP contribution is 2.22. The van der Waals surface area contributed by atoms with Crippen LogP contribution in [0.15, 0.2) is 48.5 Å². The van der Waals surface area contributed by atoms with E-state index in [1.807, 2.05) is 49.5 Å². The van der Waals surface area contributed by atoms with Gasteiger partial charge >= 0.3 is 0 Å². The fourth-order valence-corrected chi connectivity index (χ4v) is 2.17. The first-order chi connectivity index (χ1) is 11.2. The van der Waals surface area contributed by atoms with Crippen LogP contribution in [0, 0.1) is 0 Å². The topological polar surface area (TPSA) is 70.6 Å². The number of anilines is 1. The Labute approximate surface area is 148 Å². The van der Waals surface area contributed by atoms with Crippen LogP contribution in [0.4, 0.5) is 5.69 Å². The molecule has 0 saturated heterocycles. The standard InChI is InChI=1S/C18H22N2O3.ClH/c1-19-17-7-5-14(6-8-17)15-3-2-4-16(13-15)18(22)20-9-11-23-12-10-21;/h2-8,13,19,21H,9-12H2,1H3,(H,20,22);1H. The summed E-state index contributed by atoms with van der Waals surface area (Å²) >= 11 is 0. The molecular weight excluding hydrogens is 328 g/mol. The lowest BCUT2D eigenvalue weighted by atomic mass is 10.0. The van der Waals surface area contributed by atoms with Crippen molar-refractivity contribution in [1.29, 1.82) is 0 Å². The zero-order chi connectivity index (χ0) is 16.5. The van der Waals surface area contributed by atoms with Gasteiger partial charge in [0.1, 0.15) is 0 Å². The van der Waals surface area contributed by atoms with Gasteiger partial charge in [0, 0.05) is 24.8 Å². The molecule has 0 aliphatic rings. The molecule has 2 rings (SSSR count). The SMILES string of the molecule is CNc1ccc(-c2cccc(C(=O)NCCOCCO)c2)cc1.Cl. The second-order valence-corrected chi connectivity index (χ2v) is 5.00. The third kappa shape index (κ3) is 5.85. The fourth-order valence-electron chi connectivity index (χ4n) is 2.17. The molecule has 130 valence electrons. The van der Waals surface area contributed by atoms with Crippen LogP contribution in [0.2, 0.25) is 0 Å². The predicted octanol–water partition coefficient (Wildman–Crippen LogP) is 2.56. The Kier molecular flexibility index (Phi) is 8.86. The summed E-state index contributed by atoms with van der Waals surface area (Å²) in [7, 11) is 1.88. The van der Waals surface area contributed by atoms with Gasteiger partial charge in [-0.05, 0) is 35.4 Å². The first kappa shape index (κ1) is 20.0. The second kappa shape index (κ2) is 10.6. The number of amides is 1. The van der Waals surface area contributed by atoms with Crippen LogP contribution >= 0.6 is 12.4 Å². The monoisotopic (exact) mass is 350 g/mol. The quantitative estimate of drug-likeness (QED) is 0.640. The molecular formula is C18H23ClN2O3. The number of rotatable bonds is 8. The fraction of sp³-hybridized carbons (Fsp3) is 0.278. The normalized spacial score (nSPS) is 9.92. The molecule has 2 aromatic rings. The van der Waals surface area contributed by atoms with Crippen molar-refractivity contribution in [2.75, 3.05) is 38.7 Å². The summed E-state index contributed by atoms with van der Waals surface area (Å²) in [5, 5.41) is 14.5. The van der Waals surface area contributed by atoms with Crippen molar-refractivity contribution in [1.82, 2.24) is 5.32 Å². The van der Waals surface area contributed by atoms with Crippen LogP contribution in [0.3, 0.4) is 0 Å². The molecule has 3 N–H and O–H groups in total. The molecule has 0 bridgehead atoms. The number of aliphatic hydroxyl groups excluding tert-OH is 1. The molecule has 24 heavy (non-hydrogen) atoms. The van der Waals surface area contributed by atoms with E-state index in [2.05, 4.69) is 10.6 Å². The molecule has 0 radical (unpaired) electrons. The van der Waals surface area contributed by atoms with Crippen molar-refractivity contribution in [2.45, 2.75) is 0 Å². The first-order valence-corrected chi connectivity index (χ1v) is 7.59. The number of aliphatic hydroxyl groups is 1. The maximum Gasteiger partial charge on any atom is 0.251 e. The number of hydrogen-bond acceptors (Lipinski definition) is 4. The average Bonchev–Trinajstić information content (AvgIpc) is 2.61. The Bertz CT molecular complexity index is 632. The number of nitrogens with one attached hydrogen (secondary N) is 2. The Morgan fingerprint density at radius 2 is 1.83 bits per heavy atom.